The van der Waals surface area contributed by atoms with E-state index in [4.69, 9.17) is 9.73 Å². The van der Waals surface area contributed by atoms with Crippen molar-refractivity contribution >= 4 is 16.9 Å². The summed E-state index contributed by atoms with van der Waals surface area (Å²) in [6.07, 6.45) is 8.08. The van der Waals surface area contributed by atoms with Gasteiger partial charge in [-0.2, -0.15) is 0 Å². The van der Waals surface area contributed by atoms with E-state index in [1.54, 1.807) is 0 Å². The molecule has 2 aliphatic heterocycles. The summed E-state index contributed by atoms with van der Waals surface area (Å²) in [5.74, 6) is 2.20. The fraction of sp³-hybridized carbons (Fsp3) is 0.929. The standard InChI is InChI=1S/C14H22N2OS/c1-2-11(1)13(3-4-13)9-15-12-16-14(10-18-12)5-7-17-8-6-14/h11H,1-10H2,(H,15,16). The summed E-state index contributed by atoms with van der Waals surface area (Å²) in [6.45, 7) is 2.90. The second kappa shape index (κ2) is 4.14. The SMILES string of the molecule is C1CC2(CCO1)CSC(=NCC1(C3CC3)CC1)N2. The predicted molar refractivity (Wildman–Crippen MR) is 75.1 cm³/mol. The van der Waals surface area contributed by atoms with Crippen molar-refractivity contribution in [1.29, 1.82) is 0 Å². The highest BCUT2D eigenvalue weighted by molar-refractivity contribution is 8.14. The molecule has 1 N–H and O–H groups in total. The van der Waals surface area contributed by atoms with Crippen LogP contribution in [0, 0.1) is 11.3 Å². The first-order chi connectivity index (χ1) is 8.80. The lowest BCUT2D eigenvalue weighted by Crippen LogP contribution is -2.48. The lowest BCUT2D eigenvalue weighted by atomic mass is 9.93. The summed E-state index contributed by atoms with van der Waals surface area (Å²) < 4.78 is 5.47. The second-order valence-electron chi connectivity index (χ2n) is 6.56. The molecule has 0 aromatic carbocycles. The number of aliphatic imine (C=N–C) groups is 1. The molecule has 0 unspecified atom stereocenters. The van der Waals surface area contributed by atoms with Crippen LogP contribution in [-0.2, 0) is 4.74 Å². The molecule has 0 aromatic heterocycles. The molecule has 1 spiro atoms. The summed E-state index contributed by atoms with van der Waals surface area (Å²) in [7, 11) is 0. The van der Waals surface area contributed by atoms with Gasteiger partial charge in [-0.3, -0.25) is 4.99 Å². The molecule has 4 aliphatic rings. The Bertz CT molecular complexity index is 368. The van der Waals surface area contributed by atoms with Crippen LogP contribution in [0.1, 0.15) is 38.5 Å². The second-order valence-corrected chi connectivity index (χ2v) is 7.53. The maximum Gasteiger partial charge on any atom is 0.157 e. The number of nitrogens with one attached hydrogen (secondary N) is 1. The molecule has 4 rings (SSSR count). The molecule has 3 nitrogen and oxygen atoms in total. The fourth-order valence-corrected chi connectivity index (χ4v) is 4.62. The maximum absolute atomic E-state index is 5.47. The fourth-order valence-electron chi connectivity index (χ4n) is 3.40. The number of nitrogens with zero attached hydrogens (tertiary/aromatic N) is 1. The zero-order chi connectivity index (χ0) is 12.1. The van der Waals surface area contributed by atoms with Crippen molar-refractivity contribution < 1.29 is 4.74 Å². The van der Waals surface area contributed by atoms with Crippen molar-refractivity contribution in [3.05, 3.63) is 0 Å². The summed E-state index contributed by atoms with van der Waals surface area (Å²) in [6, 6.07) is 0. The highest BCUT2D eigenvalue weighted by atomic mass is 32.2. The van der Waals surface area contributed by atoms with Gasteiger partial charge in [0.15, 0.2) is 5.17 Å². The van der Waals surface area contributed by atoms with E-state index < -0.39 is 0 Å². The maximum atomic E-state index is 5.47. The van der Waals surface area contributed by atoms with Gasteiger partial charge in [0.2, 0.25) is 0 Å². The van der Waals surface area contributed by atoms with Crippen molar-refractivity contribution in [3.63, 3.8) is 0 Å². The Balaban J connectivity index is 1.38. The molecule has 0 atom stereocenters. The number of thioether (sulfide) groups is 1. The normalized spacial score (nSPS) is 34.8. The molecule has 2 saturated heterocycles. The van der Waals surface area contributed by atoms with Crippen LogP contribution in [0.4, 0.5) is 0 Å². The van der Waals surface area contributed by atoms with Crippen molar-refractivity contribution in [3.8, 4) is 0 Å². The Morgan fingerprint density at radius 1 is 1.22 bits per heavy atom. The Morgan fingerprint density at radius 3 is 2.67 bits per heavy atom. The number of rotatable bonds is 3. The number of ether oxygens (including phenoxy) is 1. The molecule has 4 heteroatoms. The minimum Gasteiger partial charge on any atom is -0.381 e. The van der Waals surface area contributed by atoms with Gasteiger partial charge in [-0.05, 0) is 49.9 Å². The Labute approximate surface area is 113 Å². The first-order valence-corrected chi connectivity index (χ1v) is 8.32. The van der Waals surface area contributed by atoms with E-state index in [1.807, 2.05) is 11.8 Å². The van der Waals surface area contributed by atoms with Crippen LogP contribution in [0.25, 0.3) is 0 Å². The van der Waals surface area contributed by atoms with Gasteiger partial charge >= 0.3 is 0 Å². The molecule has 100 valence electrons. The molecular weight excluding hydrogens is 244 g/mol. The summed E-state index contributed by atoms with van der Waals surface area (Å²) in [4.78, 5) is 4.90. The van der Waals surface area contributed by atoms with Gasteiger partial charge in [-0.25, -0.2) is 0 Å². The van der Waals surface area contributed by atoms with E-state index >= 15 is 0 Å². The van der Waals surface area contributed by atoms with Crippen molar-refractivity contribution in [2.75, 3.05) is 25.5 Å². The van der Waals surface area contributed by atoms with Crippen molar-refractivity contribution in [1.82, 2.24) is 5.32 Å². The monoisotopic (exact) mass is 266 g/mol. The molecule has 0 amide bonds. The molecule has 2 heterocycles. The summed E-state index contributed by atoms with van der Waals surface area (Å²) in [5.41, 5.74) is 0.943. The molecule has 2 saturated carbocycles. The van der Waals surface area contributed by atoms with Gasteiger partial charge in [0.05, 0.1) is 5.54 Å². The first kappa shape index (κ1) is 11.6. The third kappa shape index (κ3) is 2.07. The van der Waals surface area contributed by atoms with Crippen molar-refractivity contribution in [2.24, 2.45) is 16.3 Å². The molecule has 18 heavy (non-hydrogen) atoms. The van der Waals surface area contributed by atoms with Crippen LogP contribution in [0.3, 0.4) is 0 Å². The average molecular weight is 266 g/mol. The van der Waals surface area contributed by atoms with E-state index in [9.17, 15) is 0 Å². The largest absolute Gasteiger partial charge is 0.381 e. The first-order valence-electron chi connectivity index (χ1n) is 7.34. The van der Waals surface area contributed by atoms with Crippen LogP contribution in [0.5, 0.6) is 0 Å². The number of hydrogen-bond acceptors (Lipinski definition) is 3. The lowest BCUT2D eigenvalue weighted by molar-refractivity contribution is 0.0555. The van der Waals surface area contributed by atoms with Crippen LogP contribution in [-0.4, -0.2) is 36.2 Å². The Hall–Kier alpha value is -0.220. The number of hydrogen-bond donors (Lipinski definition) is 1. The topological polar surface area (TPSA) is 33.6 Å². The van der Waals surface area contributed by atoms with Gasteiger partial charge in [0, 0.05) is 25.5 Å². The zero-order valence-electron chi connectivity index (χ0n) is 10.9. The lowest BCUT2D eigenvalue weighted by Gasteiger charge is -2.32. The van der Waals surface area contributed by atoms with Crippen LogP contribution < -0.4 is 5.32 Å². The summed E-state index contributed by atoms with van der Waals surface area (Å²) in [5, 5.41) is 4.91. The third-order valence-corrected chi connectivity index (χ3v) is 6.38. The molecular formula is C14H22N2OS. The molecule has 2 aliphatic carbocycles. The molecule has 4 fully saturated rings. The smallest absolute Gasteiger partial charge is 0.157 e. The quantitative estimate of drug-likeness (QED) is 0.852. The molecule has 0 aromatic rings. The minimum atomic E-state index is 0.304. The van der Waals surface area contributed by atoms with E-state index in [0.29, 0.717) is 11.0 Å². The van der Waals surface area contributed by atoms with Crippen LogP contribution >= 0.6 is 11.8 Å². The minimum absolute atomic E-state index is 0.304. The Morgan fingerprint density at radius 2 is 2.00 bits per heavy atom. The van der Waals surface area contributed by atoms with Gasteiger partial charge < -0.3 is 10.1 Å². The predicted octanol–water partition coefficient (Wildman–Crippen LogP) is 2.42. The van der Waals surface area contributed by atoms with Crippen LogP contribution in [0.2, 0.25) is 0 Å². The van der Waals surface area contributed by atoms with Gasteiger partial charge in [0.1, 0.15) is 0 Å². The van der Waals surface area contributed by atoms with Crippen molar-refractivity contribution in [2.45, 2.75) is 44.1 Å². The summed E-state index contributed by atoms with van der Waals surface area (Å²) >= 11 is 1.93. The molecule has 0 bridgehead atoms. The highest BCUT2D eigenvalue weighted by Crippen LogP contribution is 2.61. The van der Waals surface area contributed by atoms with Crippen LogP contribution in [0.15, 0.2) is 4.99 Å². The van der Waals surface area contributed by atoms with Gasteiger partial charge in [-0.15, -0.1) is 0 Å². The third-order valence-electron chi connectivity index (χ3n) is 5.18. The van der Waals surface area contributed by atoms with Gasteiger partial charge in [-0.1, -0.05) is 11.8 Å². The highest BCUT2D eigenvalue weighted by Gasteiger charge is 2.53. The van der Waals surface area contributed by atoms with E-state index in [1.165, 1.54) is 36.6 Å². The van der Waals surface area contributed by atoms with E-state index in [0.717, 1.165) is 38.5 Å². The zero-order valence-corrected chi connectivity index (χ0v) is 11.7. The van der Waals surface area contributed by atoms with E-state index in [2.05, 4.69) is 5.32 Å². The Kier molecular flexibility index (Phi) is 2.66. The van der Waals surface area contributed by atoms with E-state index in [-0.39, 0.29) is 0 Å². The molecule has 0 radical (unpaired) electrons. The van der Waals surface area contributed by atoms with Gasteiger partial charge in [0.25, 0.3) is 0 Å². The number of amidine groups is 1. The average Bonchev–Trinajstić information content (AvgIpc) is 3.28.